The molecular weight excluding hydrogens is 1190 g/mol. The van der Waals surface area contributed by atoms with Gasteiger partial charge in [-0.3, -0.25) is 20.2 Å². The molecular formula is C69H68N10O8S3. The zero-order valence-electron chi connectivity index (χ0n) is 51.1. The lowest BCUT2D eigenvalue weighted by atomic mass is 9.99. The van der Waals surface area contributed by atoms with Crippen LogP contribution in [0, 0.1) is 0 Å². The maximum Gasteiger partial charge on any atom is 0.412 e. The van der Waals surface area contributed by atoms with E-state index in [2.05, 4.69) is 31.7 Å². The van der Waals surface area contributed by atoms with Crippen LogP contribution in [-0.4, -0.2) is 74.7 Å². The highest BCUT2D eigenvalue weighted by Crippen LogP contribution is 2.33. The van der Waals surface area contributed by atoms with Crippen LogP contribution in [0.15, 0.2) is 181 Å². The Morgan fingerprint density at radius 2 is 0.844 bits per heavy atom. The lowest BCUT2D eigenvalue weighted by molar-refractivity contribution is 0.0624. The highest BCUT2D eigenvalue weighted by molar-refractivity contribution is 7.14. The van der Waals surface area contributed by atoms with Crippen molar-refractivity contribution in [1.82, 2.24) is 28.7 Å². The molecule has 12 aromatic rings. The van der Waals surface area contributed by atoms with Crippen LogP contribution in [0.1, 0.15) is 83.7 Å². The molecule has 12 rings (SSSR count). The number of ether oxygens (including phenoxy) is 2. The molecule has 18 nitrogen and oxygen atoms in total. The highest BCUT2D eigenvalue weighted by atomic mass is 32.1. The maximum absolute atomic E-state index is 13.2. The van der Waals surface area contributed by atoms with Crippen molar-refractivity contribution in [3.05, 3.63) is 209 Å². The molecule has 0 spiro atoms. The second kappa shape index (κ2) is 27.9. The molecule has 0 aliphatic rings. The van der Waals surface area contributed by atoms with Crippen molar-refractivity contribution in [2.75, 3.05) is 22.1 Å². The van der Waals surface area contributed by atoms with E-state index in [1.807, 2.05) is 208 Å². The van der Waals surface area contributed by atoms with Gasteiger partial charge >= 0.3 is 18.2 Å². The topological polar surface area (TPSA) is 254 Å². The number of carboxylic acids is 1. The third-order valence-electron chi connectivity index (χ3n) is 13.8. The standard InChI is InChI=1S/C25H25N3O3S.C20H17N3OS.C15H18N2O2S.C9H8N2O2/c1-25(2,3)31-24(30)27-19-9-7-17(23-6-5-11-32-23)12-18(19)14-22(29)16-8-10-21-20(13-16)26-15-28(21)4;1-23-12-22-17-10-13(5-7-18(17)23)19(24)11-15-9-14(4-6-16(15)21)20-3-2-8-25-20;1-15(2,3)19-14(18)17-12-7-6-10(9-11(12)16)13-5-4-8-20-13;1-11-5-10-7-4-6(9(12)13)2-3-8(7)11/h5-13,15H,14H2,1-4H3,(H,27,30);2-10,12H,11,21H2,1H3;4-9H,16H2,1-3H3,(H,17,18);2-5H,1H3,(H,12,13). The van der Waals surface area contributed by atoms with Crippen LogP contribution in [0.5, 0.6) is 0 Å². The fourth-order valence-electron chi connectivity index (χ4n) is 9.35. The van der Waals surface area contributed by atoms with Crippen molar-refractivity contribution in [1.29, 1.82) is 0 Å². The maximum atomic E-state index is 13.2. The monoisotopic (exact) mass is 1260 g/mol. The van der Waals surface area contributed by atoms with Crippen LogP contribution in [0.25, 0.3) is 64.4 Å². The molecule has 0 aliphatic heterocycles. The van der Waals surface area contributed by atoms with Crippen LogP contribution >= 0.6 is 34.0 Å². The quantitative estimate of drug-likeness (QED) is 0.0564. The second-order valence-electron chi connectivity index (χ2n) is 23.0. The van der Waals surface area contributed by atoms with E-state index in [-0.39, 0.29) is 30.0 Å². The molecule has 0 bridgehead atoms. The fraction of sp³-hybridized carbons (Fsp3) is 0.188. The van der Waals surface area contributed by atoms with Crippen molar-refractivity contribution in [2.24, 2.45) is 21.1 Å². The SMILES string of the molecule is CC(C)(C)OC(=O)Nc1ccc(-c2cccs2)cc1N.Cn1cnc2cc(C(=O)Cc3cc(-c4cccs4)ccc3N)ccc21.Cn1cnc2cc(C(=O)Cc3cc(-c4cccs4)ccc3NC(=O)OC(C)(C)C)ccc21.Cn1cnc2cc(C(=O)O)ccc21. The molecule has 460 valence electrons. The Bertz CT molecular complexity index is 4530. The number of carboxylic acid groups (broad SMARTS) is 1. The van der Waals surface area contributed by atoms with Crippen molar-refractivity contribution in [3.63, 3.8) is 0 Å². The molecule has 0 saturated heterocycles. The number of aromatic nitrogens is 6. The van der Waals surface area contributed by atoms with E-state index in [4.69, 9.17) is 26.0 Å². The lowest BCUT2D eigenvalue weighted by Crippen LogP contribution is -2.27. The predicted molar refractivity (Wildman–Crippen MR) is 363 cm³/mol. The number of aromatic carboxylic acids is 1. The molecule has 6 aromatic carbocycles. The van der Waals surface area contributed by atoms with E-state index < -0.39 is 29.4 Å². The number of nitrogen functional groups attached to an aromatic ring is 2. The average Bonchev–Trinajstić information content (AvgIpc) is 2.41. The Hall–Kier alpha value is -10.2. The number of anilines is 4. The minimum Gasteiger partial charge on any atom is -0.478 e. The van der Waals surface area contributed by atoms with Crippen LogP contribution in [0.4, 0.5) is 32.3 Å². The van der Waals surface area contributed by atoms with E-state index in [0.717, 1.165) is 65.2 Å². The number of hydrogen-bond donors (Lipinski definition) is 5. The number of benzene rings is 6. The van der Waals surface area contributed by atoms with Crippen LogP contribution < -0.4 is 22.1 Å². The first kappa shape index (κ1) is 64.3. The normalized spacial score (nSPS) is 11.2. The van der Waals surface area contributed by atoms with Gasteiger partial charge in [0.2, 0.25) is 0 Å². The van der Waals surface area contributed by atoms with Gasteiger partial charge in [-0.05, 0) is 195 Å². The fourth-order valence-corrected chi connectivity index (χ4v) is 11.5. The van der Waals surface area contributed by atoms with E-state index >= 15 is 0 Å². The molecule has 6 aromatic heterocycles. The number of hydrogen-bond acceptors (Lipinski definition) is 15. The molecule has 2 amide bonds. The smallest absolute Gasteiger partial charge is 0.412 e. The van der Waals surface area contributed by atoms with Gasteiger partial charge in [0.05, 0.1) is 69.0 Å². The predicted octanol–water partition coefficient (Wildman–Crippen LogP) is 16.0. The third-order valence-corrected chi connectivity index (χ3v) is 16.5. The van der Waals surface area contributed by atoms with E-state index in [9.17, 15) is 24.0 Å². The Kier molecular flexibility index (Phi) is 19.9. The average molecular weight is 1260 g/mol. The summed E-state index contributed by atoms with van der Waals surface area (Å²) in [6.45, 7) is 10.9. The number of imidazole rings is 3. The van der Waals surface area contributed by atoms with Crippen molar-refractivity contribution in [3.8, 4) is 31.3 Å². The van der Waals surface area contributed by atoms with Crippen LogP contribution in [-0.2, 0) is 43.5 Å². The number of fused-ring (bicyclic) bond motifs is 3. The number of thiophene rings is 3. The summed E-state index contributed by atoms with van der Waals surface area (Å²) >= 11 is 4.94. The first-order chi connectivity index (χ1) is 42.8. The van der Waals surface area contributed by atoms with Gasteiger partial charge < -0.3 is 39.7 Å². The number of nitrogens with one attached hydrogen (secondary N) is 2. The lowest BCUT2D eigenvalue weighted by Gasteiger charge is -2.20. The summed E-state index contributed by atoms with van der Waals surface area (Å²) in [5.74, 6) is -0.928. The number of carbonyl (C=O) groups is 5. The Labute approximate surface area is 532 Å². The molecule has 0 radical (unpaired) electrons. The first-order valence-corrected chi connectivity index (χ1v) is 31.0. The summed E-state index contributed by atoms with van der Waals surface area (Å²) < 4.78 is 16.3. The molecule has 0 fully saturated rings. The van der Waals surface area contributed by atoms with Crippen molar-refractivity contribution in [2.45, 2.75) is 65.6 Å². The molecule has 0 atom stereocenters. The van der Waals surface area contributed by atoms with Gasteiger partial charge in [-0.15, -0.1) is 34.0 Å². The minimum absolute atomic E-state index is 0.0441. The summed E-state index contributed by atoms with van der Waals surface area (Å²) in [7, 11) is 5.73. The van der Waals surface area contributed by atoms with Gasteiger partial charge in [-0.25, -0.2) is 29.3 Å². The zero-order valence-corrected chi connectivity index (χ0v) is 53.6. The molecule has 0 aliphatic carbocycles. The van der Waals surface area contributed by atoms with Gasteiger partial charge in [0.1, 0.15) is 11.2 Å². The third kappa shape index (κ3) is 16.7. The van der Waals surface area contributed by atoms with E-state index in [1.54, 1.807) is 77.3 Å². The molecule has 7 N–H and O–H groups in total. The highest BCUT2D eigenvalue weighted by Gasteiger charge is 2.21. The summed E-state index contributed by atoms with van der Waals surface area (Å²) in [6.07, 6.45) is 4.51. The zero-order chi connectivity index (χ0) is 64.4. The summed E-state index contributed by atoms with van der Waals surface area (Å²) in [5.41, 5.74) is 24.7. The van der Waals surface area contributed by atoms with E-state index in [1.165, 1.54) is 4.88 Å². The number of aryl methyl sites for hydroxylation is 3. The van der Waals surface area contributed by atoms with Gasteiger partial charge in [0, 0.05) is 71.1 Å². The van der Waals surface area contributed by atoms with Crippen molar-refractivity contribution < 1.29 is 38.6 Å². The Morgan fingerprint density at radius 1 is 0.467 bits per heavy atom. The van der Waals surface area contributed by atoms with E-state index in [0.29, 0.717) is 39.4 Å². The van der Waals surface area contributed by atoms with Gasteiger partial charge in [-0.1, -0.05) is 36.4 Å². The number of nitrogens with two attached hydrogens (primary N) is 2. The van der Waals surface area contributed by atoms with Gasteiger partial charge in [0.15, 0.2) is 11.6 Å². The number of nitrogens with zero attached hydrogens (tertiary/aromatic N) is 6. The first-order valence-electron chi connectivity index (χ1n) is 28.4. The molecule has 0 unspecified atom stereocenters. The number of rotatable bonds is 12. The molecule has 21 heteroatoms. The summed E-state index contributed by atoms with van der Waals surface area (Å²) in [5, 5.41) is 20.2. The van der Waals surface area contributed by atoms with Gasteiger partial charge in [0.25, 0.3) is 0 Å². The number of Topliss-reactive ketones (excluding diaryl/α,β-unsaturated/α-hetero) is 2. The molecule has 90 heavy (non-hydrogen) atoms. The number of ketones is 2. The number of carbonyl (C=O) groups excluding carboxylic acids is 4. The summed E-state index contributed by atoms with van der Waals surface area (Å²) in [6, 6.07) is 45.3. The van der Waals surface area contributed by atoms with Crippen molar-refractivity contribution >= 4 is 120 Å². The summed E-state index contributed by atoms with van der Waals surface area (Å²) in [4.78, 5) is 76.7. The van der Waals surface area contributed by atoms with Crippen LogP contribution in [0.2, 0.25) is 0 Å². The van der Waals surface area contributed by atoms with Crippen LogP contribution in [0.3, 0.4) is 0 Å². The molecule has 0 saturated carbocycles. The number of amides is 2. The van der Waals surface area contributed by atoms with Gasteiger partial charge in [-0.2, -0.15) is 0 Å². The Morgan fingerprint density at radius 3 is 1.26 bits per heavy atom. The second-order valence-corrected chi connectivity index (χ2v) is 25.8. The largest absolute Gasteiger partial charge is 0.478 e. The minimum atomic E-state index is -0.924. The molecule has 6 heterocycles. The Balaban J connectivity index is 0.000000149.